The van der Waals surface area contributed by atoms with Gasteiger partial charge in [-0.25, -0.2) is 0 Å². The second kappa shape index (κ2) is 10.2. The molecule has 0 N–H and O–H groups in total. The molecule has 0 heterocycles. The average Bonchev–Trinajstić information content (AvgIpc) is 2.28. The third-order valence-corrected chi connectivity index (χ3v) is 3.22. The molecule has 0 saturated carbocycles. The van der Waals surface area contributed by atoms with Crippen LogP contribution < -0.4 is 0 Å². The zero-order valence-electron chi connectivity index (χ0n) is 13.2. The van der Waals surface area contributed by atoms with E-state index in [1.54, 1.807) is 0 Å². The van der Waals surface area contributed by atoms with Gasteiger partial charge in [0.05, 0.1) is 0 Å². The van der Waals surface area contributed by atoms with Gasteiger partial charge in [-0.15, -0.1) is 0 Å². The number of hydrogen-bond acceptors (Lipinski definition) is 0. The van der Waals surface area contributed by atoms with Crippen molar-refractivity contribution in [2.75, 3.05) is 0 Å². The van der Waals surface area contributed by atoms with Gasteiger partial charge in [-0.3, -0.25) is 0 Å². The molecule has 1 radical (unpaired) electrons. The van der Waals surface area contributed by atoms with Crippen LogP contribution in [0.5, 0.6) is 0 Å². The van der Waals surface area contributed by atoms with E-state index in [0.29, 0.717) is 5.92 Å². The Morgan fingerprint density at radius 3 is 2.17 bits per heavy atom. The largest absolute Gasteiger partial charge is 0.0887 e. The summed E-state index contributed by atoms with van der Waals surface area (Å²) in [5, 5.41) is 0. The second-order valence-electron chi connectivity index (χ2n) is 5.58. The molecule has 103 valence electrons. The van der Waals surface area contributed by atoms with Crippen molar-refractivity contribution in [3.8, 4) is 0 Å². The van der Waals surface area contributed by atoms with Crippen molar-refractivity contribution in [1.82, 2.24) is 0 Å². The minimum absolute atomic E-state index is 0.680. The molecule has 0 aliphatic carbocycles. The smallest absolute Gasteiger partial charge is 0.0191 e. The Morgan fingerprint density at radius 2 is 1.67 bits per heavy atom. The fourth-order valence-corrected chi connectivity index (χ4v) is 2.17. The minimum Gasteiger partial charge on any atom is -0.0887 e. The van der Waals surface area contributed by atoms with E-state index in [0.717, 1.165) is 0 Å². The number of hydrogen-bond donors (Lipinski definition) is 0. The topological polar surface area (TPSA) is 0 Å². The molecular formula is C18H31. The van der Waals surface area contributed by atoms with Gasteiger partial charge < -0.3 is 0 Å². The van der Waals surface area contributed by atoms with Gasteiger partial charge in [0.25, 0.3) is 0 Å². The highest BCUT2D eigenvalue weighted by Gasteiger charge is 2.05. The molecule has 0 aliphatic heterocycles. The molecule has 0 heteroatoms. The Balaban J connectivity index is 4.27. The summed E-state index contributed by atoms with van der Waals surface area (Å²) < 4.78 is 0. The summed E-state index contributed by atoms with van der Waals surface area (Å²) in [6, 6.07) is 0. The molecule has 18 heavy (non-hydrogen) atoms. The average molecular weight is 247 g/mol. The Morgan fingerprint density at radius 1 is 1.00 bits per heavy atom. The van der Waals surface area contributed by atoms with E-state index in [4.69, 9.17) is 0 Å². The molecule has 0 aromatic carbocycles. The summed E-state index contributed by atoms with van der Waals surface area (Å²) in [5.74, 6) is 0.680. The van der Waals surface area contributed by atoms with Crippen LogP contribution >= 0.6 is 0 Å². The van der Waals surface area contributed by atoms with E-state index >= 15 is 0 Å². The molecule has 0 aromatic rings. The molecule has 0 aliphatic rings. The van der Waals surface area contributed by atoms with E-state index in [1.165, 1.54) is 42.4 Å². The van der Waals surface area contributed by atoms with Gasteiger partial charge in [0.15, 0.2) is 0 Å². The molecule has 0 spiro atoms. The first-order chi connectivity index (χ1) is 8.49. The fraction of sp³-hybridized carbons (Fsp3) is 0.611. The second-order valence-corrected chi connectivity index (χ2v) is 5.58. The maximum atomic E-state index is 2.41. The lowest BCUT2D eigenvalue weighted by molar-refractivity contribution is 0.625. The van der Waals surface area contributed by atoms with Gasteiger partial charge >= 0.3 is 0 Å². The number of allylic oxidation sites excluding steroid dienone is 6. The van der Waals surface area contributed by atoms with Gasteiger partial charge in [0.2, 0.25) is 0 Å². The maximum Gasteiger partial charge on any atom is -0.0191 e. The Hall–Kier alpha value is -0.780. The van der Waals surface area contributed by atoms with Crippen LogP contribution in [0.3, 0.4) is 0 Å². The molecule has 0 nitrogen and oxygen atoms in total. The van der Waals surface area contributed by atoms with Crippen LogP contribution in [-0.2, 0) is 0 Å². The van der Waals surface area contributed by atoms with Crippen LogP contribution in [-0.4, -0.2) is 0 Å². The van der Waals surface area contributed by atoms with Crippen molar-refractivity contribution < 1.29 is 0 Å². The van der Waals surface area contributed by atoms with Crippen LogP contribution in [0.2, 0.25) is 0 Å². The normalized spacial score (nSPS) is 14.6. The van der Waals surface area contributed by atoms with Crippen LogP contribution in [0, 0.1) is 12.3 Å². The van der Waals surface area contributed by atoms with Crippen molar-refractivity contribution in [2.45, 2.75) is 67.2 Å². The SMILES string of the molecule is C[CH]CC(C=C(C)C)CC(C)=CCCC(C)=CC. The lowest BCUT2D eigenvalue weighted by Crippen LogP contribution is -1.98. The molecule has 0 rings (SSSR count). The van der Waals surface area contributed by atoms with E-state index in [-0.39, 0.29) is 0 Å². The fourth-order valence-electron chi connectivity index (χ4n) is 2.17. The Kier molecular flexibility index (Phi) is 9.73. The number of rotatable bonds is 8. The molecule has 1 unspecified atom stereocenters. The third kappa shape index (κ3) is 9.27. The minimum atomic E-state index is 0.680. The standard InChI is InChI=1S/C18H31/c1-7-10-18(13-15(3)4)14-17(6)12-9-11-16(5)8-2/h7-8,12-13,18H,9-11,14H2,1-6H3. The summed E-state index contributed by atoms with van der Waals surface area (Å²) in [6.45, 7) is 13.1. The quantitative estimate of drug-likeness (QED) is 0.444. The molecular weight excluding hydrogens is 216 g/mol. The first-order valence-corrected chi connectivity index (χ1v) is 7.19. The third-order valence-electron chi connectivity index (χ3n) is 3.22. The molecule has 1 atom stereocenters. The summed E-state index contributed by atoms with van der Waals surface area (Å²) in [4.78, 5) is 0. The van der Waals surface area contributed by atoms with Crippen LogP contribution in [0.1, 0.15) is 67.2 Å². The Labute approximate surface area is 115 Å². The predicted octanol–water partition coefficient (Wildman–Crippen LogP) is 6.27. The zero-order chi connectivity index (χ0) is 14.0. The van der Waals surface area contributed by atoms with E-state index < -0.39 is 0 Å². The van der Waals surface area contributed by atoms with Crippen molar-refractivity contribution >= 4 is 0 Å². The van der Waals surface area contributed by atoms with Crippen LogP contribution in [0.15, 0.2) is 34.9 Å². The molecule has 0 amide bonds. The summed E-state index contributed by atoms with van der Waals surface area (Å²) >= 11 is 0. The predicted molar refractivity (Wildman–Crippen MR) is 84.6 cm³/mol. The highest BCUT2D eigenvalue weighted by Crippen LogP contribution is 2.20. The summed E-state index contributed by atoms with van der Waals surface area (Å²) in [5.41, 5.74) is 4.45. The molecule has 0 aromatic heterocycles. The van der Waals surface area contributed by atoms with Crippen LogP contribution in [0.4, 0.5) is 0 Å². The first-order valence-electron chi connectivity index (χ1n) is 7.19. The van der Waals surface area contributed by atoms with Crippen LogP contribution in [0.25, 0.3) is 0 Å². The lowest BCUT2D eigenvalue weighted by atomic mass is 9.93. The van der Waals surface area contributed by atoms with E-state index in [2.05, 4.69) is 66.2 Å². The van der Waals surface area contributed by atoms with Gasteiger partial charge in [0, 0.05) is 0 Å². The van der Waals surface area contributed by atoms with Gasteiger partial charge in [-0.1, -0.05) is 41.9 Å². The highest BCUT2D eigenvalue weighted by molar-refractivity contribution is 5.08. The van der Waals surface area contributed by atoms with Gasteiger partial charge in [0.1, 0.15) is 0 Å². The van der Waals surface area contributed by atoms with E-state index in [1.807, 2.05) is 0 Å². The summed E-state index contributed by atoms with van der Waals surface area (Å²) in [6.07, 6.45) is 14.1. The molecule has 0 saturated heterocycles. The molecule has 0 fully saturated rings. The van der Waals surface area contributed by atoms with Crippen molar-refractivity contribution in [3.63, 3.8) is 0 Å². The van der Waals surface area contributed by atoms with Crippen molar-refractivity contribution in [1.29, 1.82) is 0 Å². The van der Waals surface area contributed by atoms with Gasteiger partial charge in [-0.05, 0) is 72.6 Å². The molecule has 0 bridgehead atoms. The van der Waals surface area contributed by atoms with E-state index in [9.17, 15) is 0 Å². The van der Waals surface area contributed by atoms with Gasteiger partial charge in [-0.2, -0.15) is 0 Å². The highest BCUT2D eigenvalue weighted by atomic mass is 14.1. The lowest BCUT2D eigenvalue weighted by Gasteiger charge is -2.13. The monoisotopic (exact) mass is 247 g/mol. The summed E-state index contributed by atoms with van der Waals surface area (Å²) in [7, 11) is 0. The first kappa shape index (κ1) is 17.2. The Bertz CT molecular complexity index is 298. The van der Waals surface area contributed by atoms with Crippen molar-refractivity contribution in [2.24, 2.45) is 5.92 Å². The zero-order valence-corrected chi connectivity index (χ0v) is 13.2. The maximum absolute atomic E-state index is 2.41. The van der Waals surface area contributed by atoms with Crippen molar-refractivity contribution in [3.05, 3.63) is 41.4 Å².